The fourth-order valence-electron chi connectivity index (χ4n) is 10.4. The molecule has 3 fully saturated rings. The molecule has 0 bridgehead atoms. The minimum atomic E-state index is -3.24. The molecule has 3 aromatic rings. The van der Waals surface area contributed by atoms with Crippen molar-refractivity contribution < 1.29 is 56.8 Å². The van der Waals surface area contributed by atoms with Crippen LogP contribution in [0.25, 0.3) is 11.3 Å². The third kappa shape index (κ3) is 10.8. The summed E-state index contributed by atoms with van der Waals surface area (Å²) in [5.74, 6) is -6.71. The molecule has 3 saturated heterocycles. The van der Waals surface area contributed by atoms with E-state index in [4.69, 9.17) is 34.2 Å². The van der Waals surface area contributed by atoms with Crippen LogP contribution in [0.4, 0.5) is 14.9 Å². The highest BCUT2D eigenvalue weighted by Gasteiger charge is 2.62. The van der Waals surface area contributed by atoms with Crippen LogP contribution in [0, 0.1) is 17.8 Å². The van der Waals surface area contributed by atoms with Crippen molar-refractivity contribution in [3.63, 3.8) is 0 Å². The summed E-state index contributed by atoms with van der Waals surface area (Å²) in [6.07, 6.45) is -2.87. The van der Waals surface area contributed by atoms with Gasteiger partial charge in [0.05, 0.1) is 41.7 Å². The van der Waals surface area contributed by atoms with E-state index in [0.717, 1.165) is 12.5 Å². The number of nitrogen functional groups attached to an aromatic ring is 1. The normalized spacial score (nSPS) is 34.0. The summed E-state index contributed by atoms with van der Waals surface area (Å²) in [7, 11) is 5.06. The summed E-state index contributed by atoms with van der Waals surface area (Å²) in [5.41, 5.74) is 1.93. The van der Waals surface area contributed by atoms with Gasteiger partial charge in [-0.05, 0) is 98.2 Å². The molecule has 18 heteroatoms. The lowest BCUT2D eigenvalue weighted by Crippen LogP contribution is -2.62. The van der Waals surface area contributed by atoms with Gasteiger partial charge < -0.3 is 44.0 Å². The molecule has 3 aliphatic heterocycles. The molecule has 372 valence electrons. The first kappa shape index (κ1) is 52.1. The number of cyclic esters (lactones) is 1. The van der Waals surface area contributed by atoms with Gasteiger partial charge in [-0.1, -0.05) is 63.2 Å². The number of nitrogens with zero attached hydrogens (tertiary/aromatic N) is 5. The van der Waals surface area contributed by atoms with Crippen molar-refractivity contribution in [3.05, 3.63) is 66.4 Å². The molecule has 17 nitrogen and oxygen atoms in total. The lowest BCUT2D eigenvalue weighted by Gasteiger charge is -2.48. The van der Waals surface area contributed by atoms with E-state index in [1.54, 1.807) is 75.7 Å². The number of benzene rings is 2. The van der Waals surface area contributed by atoms with Crippen molar-refractivity contribution in [1.82, 2.24) is 24.8 Å². The van der Waals surface area contributed by atoms with Gasteiger partial charge in [-0.15, -0.1) is 5.10 Å². The molecule has 68 heavy (non-hydrogen) atoms. The van der Waals surface area contributed by atoms with Crippen LogP contribution in [0.15, 0.2) is 60.8 Å². The van der Waals surface area contributed by atoms with Crippen LogP contribution in [0.3, 0.4) is 0 Å². The van der Waals surface area contributed by atoms with E-state index in [2.05, 4.69) is 10.3 Å². The largest absolute Gasteiger partial charge is 0.455 e. The molecule has 2 unspecified atom stereocenters. The number of carbonyl (C=O) groups is 5. The number of ether oxygens (including phenoxy) is 6. The highest BCUT2D eigenvalue weighted by molar-refractivity contribution is 6.08. The lowest BCUT2D eigenvalue weighted by molar-refractivity contribution is -0.295. The van der Waals surface area contributed by atoms with Crippen molar-refractivity contribution in [3.8, 4) is 11.3 Å². The molecule has 1 aromatic heterocycles. The maximum Gasteiger partial charge on any atom is 0.410 e. The number of alkyl halides is 1. The third-order valence-electron chi connectivity index (χ3n) is 14.2. The minimum Gasteiger partial charge on any atom is -0.455 e. The zero-order valence-electron chi connectivity index (χ0n) is 41.2. The van der Waals surface area contributed by atoms with E-state index in [0.29, 0.717) is 42.8 Å². The summed E-state index contributed by atoms with van der Waals surface area (Å²) in [6, 6.07) is 14.4. The molecule has 0 saturated carbocycles. The molecule has 0 radical (unpaired) electrons. The average Bonchev–Trinajstić information content (AvgIpc) is 3.89. The summed E-state index contributed by atoms with van der Waals surface area (Å²) in [6.45, 7) is 13.1. The smallest absolute Gasteiger partial charge is 0.410 e. The number of carbonyl (C=O) groups excluding carboxylic acids is 5. The van der Waals surface area contributed by atoms with Gasteiger partial charge >= 0.3 is 18.0 Å². The zero-order chi connectivity index (χ0) is 49.9. The molecule has 1 amide bonds. The number of halogens is 1. The quantitative estimate of drug-likeness (QED) is 0.0642. The number of unbranched alkanes of at least 4 members (excludes halogenated alkanes) is 1. The Bertz CT molecular complexity index is 2280. The number of fused-ring (bicyclic) bond motifs is 1. The Morgan fingerprint density at radius 2 is 1.66 bits per heavy atom. The van der Waals surface area contributed by atoms with Crippen molar-refractivity contribution >= 4 is 35.3 Å². The molecule has 0 aliphatic carbocycles. The van der Waals surface area contributed by atoms with Gasteiger partial charge in [0.25, 0.3) is 5.67 Å². The molecule has 2 N–H and O–H groups in total. The first-order valence-corrected chi connectivity index (χ1v) is 23.6. The van der Waals surface area contributed by atoms with Crippen LogP contribution in [-0.2, 0) is 49.3 Å². The van der Waals surface area contributed by atoms with Gasteiger partial charge in [-0.25, -0.2) is 18.8 Å². The topological polar surface area (TPSA) is 204 Å². The van der Waals surface area contributed by atoms with E-state index >= 15 is 4.39 Å². The monoisotopic (exact) mass is 949 g/mol. The average molecular weight is 949 g/mol. The predicted molar refractivity (Wildman–Crippen MR) is 249 cm³/mol. The van der Waals surface area contributed by atoms with E-state index in [9.17, 15) is 24.0 Å². The van der Waals surface area contributed by atoms with E-state index in [1.807, 2.05) is 50.3 Å². The van der Waals surface area contributed by atoms with Crippen molar-refractivity contribution in [2.75, 3.05) is 33.5 Å². The summed E-state index contributed by atoms with van der Waals surface area (Å²) in [5, 5.41) is 8.54. The van der Waals surface area contributed by atoms with Crippen LogP contribution in [0.1, 0.15) is 97.9 Å². The Kier molecular flexibility index (Phi) is 16.2. The lowest BCUT2D eigenvalue weighted by atomic mass is 9.73. The first-order chi connectivity index (χ1) is 32.1. The Morgan fingerprint density at radius 3 is 2.31 bits per heavy atom. The molecule has 0 spiro atoms. The second-order valence-corrected chi connectivity index (χ2v) is 19.5. The Morgan fingerprint density at radius 1 is 0.971 bits per heavy atom. The van der Waals surface area contributed by atoms with E-state index < -0.39 is 101 Å². The maximum absolute atomic E-state index is 17.2. The molecular formula is C50H69FN6O11. The van der Waals surface area contributed by atoms with Crippen molar-refractivity contribution in [1.29, 1.82) is 0 Å². The summed E-state index contributed by atoms with van der Waals surface area (Å²) < 4.78 is 56.5. The number of rotatable bonds is 13. The highest BCUT2D eigenvalue weighted by Crippen LogP contribution is 2.44. The number of nitrogens with two attached hydrogens (primary N) is 1. The molecular weight excluding hydrogens is 880 g/mol. The first-order valence-electron chi connectivity index (χ1n) is 23.6. The zero-order valence-corrected chi connectivity index (χ0v) is 41.2. The van der Waals surface area contributed by atoms with Gasteiger partial charge in [0.2, 0.25) is 0 Å². The number of hydrogen-bond acceptors (Lipinski definition) is 15. The van der Waals surface area contributed by atoms with Crippen LogP contribution < -0.4 is 5.73 Å². The Hall–Kier alpha value is -5.30. The van der Waals surface area contributed by atoms with Gasteiger partial charge in [-0.3, -0.25) is 14.3 Å². The highest BCUT2D eigenvalue weighted by atomic mass is 19.1. The van der Waals surface area contributed by atoms with Crippen molar-refractivity contribution in [2.45, 2.75) is 154 Å². The predicted octanol–water partition coefficient (Wildman–Crippen LogP) is 6.47. The Balaban J connectivity index is 1.31. The number of amides is 1. The van der Waals surface area contributed by atoms with Gasteiger partial charge in [0, 0.05) is 49.2 Å². The van der Waals surface area contributed by atoms with Gasteiger partial charge in [-0.2, -0.15) is 0 Å². The standard InChI is InChI=1S/C50H69FN6O11/c1-12-38-50(8)41(57(47(62)68-50)24-17-16-23-56-28-36(53-54-56)34-21-18-22-35(52)26-34)31(4)39(58)29(2)27-48(6,63-11)43(32(5)42(59)49(7,51)46(61)65-38)67-45-40(37(55(9)10)25-30(3)64-45)66-44(60)33-19-14-13-15-20-33/h13-15,18-22,26,28-32,37-38,40-41,43,45H,12,16-17,23-25,27,52H2,1-11H3/t29-,30-,31+,32+,37+,38-,40-,41?,43-,45?,48+,49+,50-/m1/s1. The van der Waals surface area contributed by atoms with Gasteiger partial charge in [0.1, 0.15) is 17.6 Å². The minimum absolute atomic E-state index is 0.0542. The fraction of sp³-hybridized carbons (Fsp3) is 0.620. The number of anilines is 1. The third-order valence-corrected chi connectivity index (χ3v) is 14.2. The SMILES string of the molecule is CC[C@H]1OC(=O)[C@@](C)(F)C(=O)[C@H](C)[C@@H](OC2O[C@H](C)C[C@H](N(C)C)[C@H]2OC(=O)c2ccccc2)[C@@](C)(OC)C[C@@H](C)C(=O)[C@H](C)C2N(CCCCn3cc(-c4cccc(N)c4)nn3)C(=O)O[C@@]21C. The fourth-order valence-corrected chi connectivity index (χ4v) is 10.4. The number of aromatic nitrogens is 3. The second kappa shape index (κ2) is 21.1. The summed E-state index contributed by atoms with van der Waals surface area (Å²) in [4.78, 5) is 74.7. The molecule has 6 rings (SSSR count). The number of methoxy groups -OCH3 is 1. The molecule has 2 aromatic carbocycles. The maximum atomic E-state index is 17.2. The van der Waals surface area contributed by atoms with Crippen LogP contribution in [0.5, 0.6) is 0 Å². The number of likely N-dealkylation sites (N-methyl/N-ethyl adjacent to an activating group) is 1. The van der Waals surface area contributed by atoms with E-state index in [-0.39, 0.29) is 25.2 Å². The number of hydrogen-bond donors (Lipinski definition) is 1. The molecule has 3 aliphatic rings. The van der Waals surface area contributed by atoms with Crippen LogP contribution in [0.2, 0.25) is 0 Å². The summed E-state index contributed by atoms with van der Waals surface area (Å²) >= 11 is 0. The molecule has 13 atom stereocenters. The van der Waals surface area contributed by atoms with Gasteiger partial charge in [0.15, 0.2) is 23.8 Å². The Labute approximate surface area is 398 Å². The number of Topliss-reactive ketones (excluding diaryl/α,β-unsaturated/α-hetero) is 2. The molecule has 4 heterocycles. The van der Waals surface area contributed by atoms with Crippen molar-refractivity contribution in [2.24, 2.45) is 17.8 Å². The van der Waals surface area contributed by atoms with E-state index in [1.165, 1.54) is 18.9 Å². The van der Waals surface area contributed by atoms with Crippen LogP contribution >= 0.6 is 0 Å². The number of esters is 2. The number of aryl methyl sites for hydroxylation is 1. The second-order valence-electron chi connectivity index (χ2n) is 19.5. The van der Waals surface area contributed by atoms with Crippen LogP contribution in [-0.4, -0.2) is 142 Å². The number of ketones is 2.